The Morgan fingerprint density at radius 1 is 1.23 bits per heavy atom. The fourth-order valence-corrected chi connectivity index (χ4v) is 4.84. The van der Waals surface area contributed by atoms with Crippen LogP contribution >= 0.6 is 11.6 Å². The number of rotatable bonds is 6. The van der Waals surface area contributed by atoms with Crippen LogP contribution in [-0.4, -0.2) is 62.6 Å². The van der Waals surface area contributed by atoms with Gasteiger partial charge in [0.05, 0.1) is 18.2 Å². The summed E-state index contributed by atoms with van der Waals surface area (Å²) in [4.78, 5) is 24.1. The number of halogens is 1. The molecule has 0 atom stereocenters. The number of nitrogens with zero attached hydrogens (tertiary/aromatic N) is 1. The summed E-state index contributed by atoms with van der Waals surface area (Å²) < 4.78 is 37.1. The summed E-state index contributed by atoms with van der Waals surface area (Å²) in [6.45, 7) is 1.99. The van der Waals surface area contributed by atoms with Crippen LogP contribution in [0.1, 0.15) is 15.9 Å². The smallest absolute Gasteiger partial charge is 0.342 e. The van der Waals surface area contributed by atoms with Gasteiger partial charge in [0.1, 0.15) is 16.2 Å². The molecule has 1 aliphatic rings. The number of ether oxygens (including phenoxy) is 2. The Morgan fingerprint density at radius 3 is 2.65 bits per heavy atom. The number of morpholine rings is 1. The lowest BCUT2D eigenvalue weighted by Gasteiger charge is -2.26. The molecule has 11 heteroatoms. The predicted molar refractivity (Wildman–Crippen MR) is 113 cm³/mol. The Balaban J connectivity index is 1.67. The van der Waals surface area contributed by atoms with Crippen molar-refractivity contribution in [3.63, 3.8) is 0 Å². The molecule has 0 aliphatic carbocycles. The van der Waals surface area contributed by atoms with E-state index in [1.165, 1.54) is 28.6 Å². The van der Waals surface area contributed by atoms with Gasteiger partial charge in [-0.3, -0.25) is 4.79 Å². The summed E-state index contributed by atoms with van der Waals surface area (Å²) in [5.41, 5.74) is 0.614. The second-order valence-corrected chi connectivity index (χ2v) is 9.07. The summed E-state index contributed by atoms with van der Waals surface area (Å²) in [5, 5.41) is 12.4. The lowest BCUT2D eigenvalue weighted by Crippen LogP contribution is -2.40. The number of sulfonamides is 1. The largest absolute Gasteiger partial charge is 0.507 e. The molecular formula is C20H21ClN2O7S. The predicted octanol–water partition coefficient (Wildman–Crippen LogP) is 2.17. The molecule has 2 N–H and O–H groups in total. The van der Waals surface area contributed by atoms with Crippen molar-refractivity contribution in [1.82, 2.24) is 4.31 Å². The van der Waals surface area contributed by atoms with Crippen LogP contribution in [0.4, 0.5) is 5.69 Å². The molecule has 1 heterocycles. The van der Waals surface area contributed by atoms with Crippen molar-refractivity contribution in [3.05, 3.63) is 52.5 Å². The van der Waals surface area contributed by atoms with Crippen LogP contribution in [0.15, 0.2) is 41.3 Å². The first-order chi connectivity index (χ1) is 14.7. The normalized spacial score (nSPS) is 14.8. The third-order valence-corrected chi connectivity index (χ3v) is 6.98. The molecule has 3 rings (SSSR count). The van der Waals surface area contributed by atoms with Crippen molar-refractivity contribution in [2.45, 2.75) is 11.8 Å². The molecule has 1 fully saturated rings. The Hall–Kier alpha value is -2.66. The number of carbonyl (C=O) groups is 2. The molecule has 9 nitrogen and oxygen atoms in total. The van der Waals surface area contributed by atoms with E-state index in [0.29, 0.717) is 5.56 Å². The standard InChI is InChI=1S/C20H21ClN2O7S/c1-13-3-2-4-15(19(13)25)20(26)30-12-18(24)22-14-5-6-16(21)17(11-14)31(27,28)23-7-9-29-10-8-23/h2-6,11,25H,7-10,12H2,1H3,(H,22,24). The summed E-state index contributed by atoms with van der Waals surface area (Å²) in [5.74, 6) is -1.76. The van der Waals surface area contributed by atoms with E-state index in [0.717, 1.165) is 0 Å². The van der Waals surface area contributed by atoms with Crippen LogP contribution in [0, 0.1) is 6.92 Å². The first kappa shape index (κ1) is 23.0. The highest BCUT2D eigenvalue weighted by atomic mass is 35.5. The highest BCUT2D eigenvalue weighted by molar-refractivity contribution is 7.89. The van der Waals surface area contributed by atoms with Gasteiger partial charge >= 0.3 is 5.97 Å². The van der Waals surface area contributed by atoms with Gasteiger partial charge in [-0.25, -0.2) is 13.2 Å². The Bertz CT molecular complexity index is 1100. The van der Waals surface area contributed by atoms with E-state index in [9.17, 15) is 23.1 Å². The number of nitrogens with one attached hydrogen (secondary N) is 1. The number of amides is 1. The van der Waals surface area contributed by atoms with Crippen molar-refractivity contribution >= 4 is 39.2 Å². The lowest BCUT2D eigenvalue weighted by atomic mass is 10.1. The number of aryl methyl sites for hydroxylation is 1. The highest BCUT2D eigenvalue weighted by Gasteiger charge is 2.28. The number of anilines is 1. The van der Waals surface area contributed by atoms with Crippen LogP contribution < -0.4 is 5.32 Å². The number of aromatic hydroxyl groups is 1. The minimum atomic E-state index is -3.86. The molecular weight excluding hydrogens is 448 g/mol. The molecule has 0 radical (unpaired) electrons. The first-order valence-corrected chi connectivity index (χ1v) is 11.1. The Labute approximate surface area is 184 Å². The zero-order valence-corrected chi connectivity index (χ0v) is 18.2. The van der Waals surface area contributed by atoms with Gasteiger partial charge in [-0.2, -0.15) is 4.31 Å². The van der Waals surface area contributed by atoms with Gasteiger partial charge in [0.15, 0.2) is 6.61 Å². The van der Waals surface area contributed by atoms with Crippen LogP contribution in [0.3, 0.4) is 0 Å². The maximum absolute atomic E-state index is 12.9. The number of esters is 1. The molecule has 2 aromatic carbocycles. The van der Waals surface area contributed by atoms with Gasteiger partial charge in [0, 0.05) is 18.8 Å². The monoisotopic (exact) mass is 468 g/mol. The number of phenols is 1. The molecule has 1 saturated heterocycles. The third kappa shape index (κ3) is 5.34. The Morgan fingerprint density at radius 2 is 1.94 bits per heavy atom. The molecule has 0 bridgehead atoms. The number of carbonyl (C=O) groups excluding carboxylic acids is 2. The van der Waals surface area contributed by atoms with E-state index in [4.69, 9.17) is 21.1 Å². The van der Waals surface area contributed by atoms with E-state index in [-0.39, 0.29) is 53.2 Å². The number of benzene rings is 2. The zero-order valence-electron chi connectivity index (χ0n) is 16.6. The SMILES string of the molecule is Cc1cccc(C(=O)OCC(=O)Nc2ccc(Cl)c(S(=O)(=O)N3CCOCC3)c2)c1O. The first-order valence-electron chi connectivity index (χ1n) is 9.33. The topological polar surface area (TPSA) is 122 Å². The maximum atomic E-state index is 12.9. The number of para-hydroxylation sites is 1. The minimum Gasteiger partial charge on any atom is -0.507 e. The molecule has 166 valence electrons. The van der Waals surface area contributed by atoms with Gasteiger partial charge < -0.3 is 19.9 Å². The summed E-state index contributed by atoms with van der Waals surface area (Å²) >= 11 is 6.09. The van der Waals surface area contributed by atoms with Crippen molar-refractivity contribution in [2.75, 3.05) is 38.2 Å². The van der Waals surface area contributed by atoms with Gasteiger partial charge in [-0.15, -0.1) is 0 Å². The van der Waals surface area contributed by atoms with E-state index in [1.54, 1.807) is 19.1 Å². The van der Waals surface area contributed by atoms with Gasteiger partial charge in [0.25, 0.3) is 5.91 Å². The number of hydrogen-bond donors (Lipinski definition) is 2. The molecule has 0 unspecified atom stereocenters. The average molecular weight is 469 g/mol. The summed E-state index contributed by atoms with van der Waals surface area (Å²) in [7, 11) is -3.86. The average Bonchev–Trinajstić information content (AvgIpc) is 2.76. The third-order valence-electron chi connectivity index (χ3n) is 4.59. The van der Waals surface area contributed by atoms with Crippen molar-refractivity contribution < 1.29 is 32.6 Å². The van der Waals surface area contributed by atoms with Crippen LogP contribution in [0.25, 0.3) is 0 Å². The number of phenolic OH excluding ortho intramolecular Hbond substituents is 1. The Kier molecular flexibility index (Phi) is 7.16. The van der Waals surface area contributed by atoms with Crippen molar-refractivity contribution in [2.24, 2.45) is 0 Å². The molecule has 31 heavy (non-hydrogen) atoms. The van der Waals surface area contributed by atoms with Crippen LogP contribution in [0.5, 0.6) is 5.75 Å². The fraction of sp³-hybridized carbons (Fsp3) is 0.300. The highest BCUT2D eigenvalue weighted by Crippen LogP contribution is 2.28. The van der Waals surface area contributed by atoms with Crippen LogP contribution in [0.2, 0.25) is 5.02 Å². The van der Waals surface area contributed by atoms with E-state index < -0.39 is 28.5 Å². The van der Waals surface area contributed by atoms with Crippen molar-refractivity contribution in [3.8, 4) is 5.75 Å². The fourth-order valence-electron chi connectivity index (χ4n) is 2.93. The molecule has 2 aromatic rings. The quantitative estimate of drug-likeness (QED) is 0.623. The maximum Gasteiger partial charge on any atom is 0.342 e. The van der Waals surface area contributed by atoms with Gasteiger partial charge in [-0.05, 0) is 36.8 Å². The van der Waals surface area contributed by atoms with E-state index in [2.05, 4.69) is 5.32 Å². The molecule has 0 spiro atoms. The van der Waals surface area contributed by atoms with E-state index >= 15 is 0 Å². The zero-order chi connectivity index (χ0) is 22.6. The lowest BCUT2D eigenvalue weighted by molar-refractivity contribution is -0.119. The van der Waals surface area contributed by atoms with Crippen LogP contribution in [-0.2, 0) is 24.3 Å². The van der Waals surface area contributed by atoms with E-state index in [1.807, 2.05) is 0 Å². The molecule has 1 aliphatic heterocycles. The minimum absolute atomic E-state index is 0.0193. The van der Waals surface area contributed by atoms with Gasteiger partial charge in [-0.1, -0.05) is 23.7 Å². The molecule has 0 aromatic heterocycles. The summed E-state index contributed by atoms with van der Waals surface area (Å²) in [6.07, 6.45) is 0. The number of hydrogen-bond acceptors (Lipinski definition) is 7. The molecule has 1 amide bonds. The van der Waals surface area contributed by atoms with Crippen molar-refractivity contribution in [1.29, 1.82) is 0 Å². The molecule has 0 saturated carbocycles. The second-order valence-electron chi connectivity index (χ2n) is 6.76. The van der Waals surface area contributed by atoms with Gasteiger partial charge in [0.2, 0.25) is 10.0 Å². The summed E-state index contributed by atoms with van der Waals surface area (Å²) in [6, 6.07) is 8.63. The second kappa shape index (κ2) is 9.65.